The van der Waals surface area contributed by atoms with Gasteiger partial charge in [0.1, 0.15) is 0 Å². The topological polar surface area (TPSA) is 70.3 Å². The molecule has 19 heavy (non-hydrogen) atoms. The van der Waals surface area contributed by atoms with Crippen molar-refractivity contribution in [3.8, 4) is 0 Å². The Morgan fingerprint density at radius 1 is 1.26 bits per heavy atom. The van der Waals surface area contributed by atoms with Crippen LogP contribution in [0.15, 0.2) is 12.4 Å². The van der Waals surface area contributed by atoms with Gasteiger partial charge in [-0.15, -0.1) is 0 Å². The molecule has 0 radical (unpaired) electrons. The maximum absolute atomic E-state index is 5.27. The number of nitrogens with zero attached hydrogens (tertiary/aromatic N) is 4. The number of nitrogen functional groups attached to an aromatic ring is 1. The normalized spacial score (nSPS) is 17.6. The molecule has 1 aliphatic carbocycles. The van der Waals surface area contributed by atoms with Crippen LogP contribution in [0.3, 0.4) is 0 Å². The predicted molar refractivity (Wildman–Crippen MR) is 76.4 cm³/mol. The van der Waals surface area contributed by atoms with Crippen LogP contribution in [0.1, 0.15) is 25.0 Å². The largest absolute Gasteiger partial charge is 0.307 e. The molecule has 0 aliphatic heterocycles. The van der Waals surface area contributed by atoms with Gasteiger partial charge in [0.2, 0.25) is 0 Å². The van der Waals surface area contributed by atoms with E-state index in [9.17, 15) is 0 Å². The highest BCUT2D eigenvalue weighted by Crippen LogP contribution is 2.36. The monoisotopic (exact) mass is 264 g/mol. The Kier molecular flexibility index (Phi) is 4.34. The minimum Gasteiger partial charge on any atom is -0.307 e. The summed E-state index contributed by atoms with van der Waals surface area (Å²) in [7, 11) is 6.49. The van der Waals surface area contributed by atoms with Gasteiger partial charge in [0.05, 0.1) is 18.1 Å². The van der Waals surface area contributed by atoms with Crippen LogP contribution < -0.4 is 11.3 Å². The van der Waals surface area contributed by atoms with Gasteiger partial charge in [0.25, 0.3) is 0 Å². The summed E-state index contributed by atoms with van der Waals surface area (Å²) in [5.74, 6) is 5.87. The molecule has 0 atom stereocenters. The van der Waals surface area contributed by atoms with E-state index in [0.29, 0.717) is 11.4 Å². The number of aromatic nitrogens is 2. The third-order valence-electron chi connectivity index (χ3n) is 4.08. The number of hydrogen-bond acceptors (Lipinski definition) is 6. The molecule has 0 saturated heterocycles. The van der Waals surface area contributed by atoms with Crippen molar-refractivity contribution >= 4 is 5.82 Å². The van der Waals surface area contributed by atoms with Crippen molar-refractivity contribution in [3.63, 3.8) is 0 Å². The van der Waals surface area contributed by atoms with Gasteiger partial charge in [0.15, 0.2) is 5.82 Å². The molecule has 1 saturated carbocycles. The first-order chi connectivity index (χ1) is 9.05. The second-order valence-corrected chi connectivity index (χ2v) is 5.68. The molecule has 1 aromatic heterocycles. The molecule has 6 nitrogen and oxygen atoms in total. The van der Waals surface area contributed by atoms with Crippen LogP contribution in [0.5, 0.6) is 0 Å². The Morgan fingerprint density at radius 3 is 2.42 bits per heavy atom. The van der Waals surface area contributed by atoms with Crippen molar-refractivity contribution in [1.29, 1.82) is 0 Å². The van der Waals surface area contributed by atoms with E-state index in [1.807, 2.05) is 0 Å². The fourth-order valence-corrected chi connectivity index (χ4v) is 2.68. The highest BCUT2D eigenvalue weighted by Gasteiger charge is 2.39. The molecule has 1 fully saturated rings. The first-order valence-corrected chi connectivity index (χ1v) is 6.69. The van der Waals surface area contributed by atoms with Crippen LogP contribution in [0.4, 0.5) is 5.82 Å². The summed E-state index contributed by atoms with van der Waals surface area (Å²) in [6.07, 6.45) is 7.34. The molecular weight excluding hydrogens is 240 g/mol. The van der Waals surface area contributed by atoms with Crippen molar-refractivity contribution in [3.05, 3.63) is 18.1 Å². The fraction of sp³-hybridized carbons (Fsp3) is 0.692. The SMILES string of the molecule is CN(Cc1cnc(NN)cn1)CC1(N(C)C)CCC1. The van der Waals surface area contributed by atoms with Gasteiger partial charge >= 0.3 is 0 Å². The Labute approximate surface area is 115 Å². The van der Waals surface area contributed by atoms with E-state index in [-0.39, 0.29) is 0 Å². The second kappa shape index (κ2) is 5.81. The summed E-state index contributed by atoms with van der Waals surface area (Å²) in [4.78, 5) is 13.2. The van der Waals surface area contributed by atoms with Crippen molar-refractivity contribution in [2.75, 3.05) is 33.1 Å². The Morgan fingerprint density at radius 2 is 2.00 bits per heavy atom. The van der Waals surface area contributed by atoms with Gasteiger partial charge in [0, 0.05) is 18.6 Å². The summed E-state index contributed by atoms with van der Waals surface area (Å²) in [5.41, 5.74) is 3.80. The van der Waals surface area contributed by atoms with Gasteiger partial charge in [-0.3, -0.25) is 9.88 Å². The highest BCUT2D eigenvalue weighted by atomic mass is 15.3. The van der Waals surface area contributed by atoms with E-state index in [2.05, 4.69) is 46.3 Å². The molecule has 6 heteroatoms. The van der Waals surface area contributed by atoms with Crippen LogP contribution >= 0.6 is 0 Å². The Hall–Kier alpha value is -1.24. The highest BCUT2D eigenvalue weighted by molar-refractivity contribution is 5.28. The molecule has 0 aromatic carbocycles. The molecular formula is C13H24N6. The van der Waals surface area contributed by atoms with Crippen LogP contribution in [0.25, 0.3) is 0 Å². The van der Waals surface area contributed by atoms with Crippen molar-refractivity contribution in [2.45, 2.75) is 31.3 Å². The third-order valence-corrected chi connectivity index (χ3v) is 4.08. The van der Waals surface area contributed by atoms with Crippen molar-refractivity contribution in [1.82, 2.24) is 19.8 Å². The van der Waals surface area contributed by atoms with Crippen molar-refractivity contribution in [2.24, 2.45) is 5.84 Å². The van der Waals surface area contributed by atoms with E-state index < -0.39 is 0 Å². The predicted octanol–water partition coefficient (Wildman–Crippen LogP) is 0.678. The molecule has 1 heterocycles. The molecule has 0 bridgehead atoms. The third kappa shape index (κ3) is 3.20. The average Bonchev–Trinajstić information content (AvgIpc) is 2.34. The van der Waals surface area contributed by atoms with Crippen LogP contribution in [-0.4, -0.2) is 53.0 Å². The summed E-state index contributed by atoms with van der Waals surface area (Å²) in [6, 6.07) is 0. The van der Waals surface area contributed by atoms with Crippen molar-refractivity contribution < 1.29 is 0 Å². The number of likely N-dealkylation sites (N-methyl/N-ethyl adjacent to an activating group) is 2. The lowest BCUT2D eigenvalue weighted by molar-refractivity contribution is 0.0256. The number of nitrogens with one attached hydrogen (secondary N) is 1. The number of anilines is 1. The zero-order valence-corrected chi connectivity index (χ0v) is 12.1. The lowest BCUT2D eigenvalue weighted by Crippen LogP contribution is -2.56. The van der Waals surface area contributed by atoms with E-state index in [0.717, 1.165) is 18.8 Å². The Bertz CT molecular complexity index is 398. The smallest absolute Gasteiger partial charge is 0.158 e. The Balaban J connectivity index is 1.91. The maximum atomic E-state index is 5.27. The van der Waals surface area contributed by atoms with Gasteiger partial charge < -0.3 is 10.3 Å². The van der Waals surface area contributed by atoms with Gasteiger partial charge in [-0.25, -0.2) is 10.8 Å². The first kappa shape index (κ1) is 14.2. The molecule has 0 spiro atoms. The summed E-state index contributed by atoms with van der Waals surface area (Å²) in [5, 5.41) is 0. The molecule has 0 amide bonds. The molecule has 106 valence electrons. The zero-order valence-electron chi connectivity index (χ0n) is 12.1. The summed E-state index contributed by atoms with van der Waals surface area (Å²) < 4.78 is 0. The number of hydrazine groups is 1. The molecule has 3 N–H and O–H groups in total. The standard InChI is InChI=1S/C13H24N6/c1-18(2)13(5-4-6-13)10-19(3)9-11-7-16-12(17-14)8-15-11/h7-8H,4-6,9-10,14H2,1-3H3,(H,16,17). The second-order valence-electron chi connectivity index (χ2n) is 5.68. The van der Waals surface area contributed by atoms with Gasteiger partial charge in [-0.1, -0.05) is 0 Å². The van der Waals surface area contributed by atoms with Gasteiger partial charge in [-0.05, 0) is 40.4 Å². The average molecular weight is 264 g/mol. The van der Waals surface area contributed by atoms with Crippen LogP contribution in [0, 0.1) is 0 Å². The fourth-order valence-electron chi connectivity index (χ4n) is 2.68. The summed E-state index contributed by atoms with van der Waals surface area (Å²) in [6.45, 7) is 1.88. The lowest BCUT2D eigenvalue weighted by Gasteiger charge is -2.49. The van der Waals surface area contributed by atoms with Crippen LogP contribution in [-0.2, 0) is 6.54 Å². The number of nitrogens with two attached hydrogens (primary N) is 1. The molecule has 1 aliphatic rings. The number of rotatable bonds is 6. The molecule has 0 unspecified atom stereocenters. The maximum Gasteiger partial charge on any atom is 0.158 e. The number of hydrogen-bond donors (Lipinski definition) is 2. The minimum absolute atomic E-state index is 0.348. The van der Waals surface area contributed by atoms with E-state index in [1.165, 1.54) is 19.3 Å². The van der Waals surface area contributed by atoms with E-state index >= 15 is 0 Å². The van der Waals surface area contributed by atoms with E-state index in [1.54, 1.807) is 12.4 Å². The quantitative estimate of drug-likeness (QED) is 0.581. The zero-order chi connectivity index (χ0) is 13.9. The molecule has 1 aromatic rings. The van der Waals surface area contributed by atoms with E-state index in [4.69, 9.17) is 5.84 Å². The molecule has 2 rings (SSSR count). The van der Waals surface area contributed by atoms with Crippen LogP contribution in [0.2, 0.25) is 0 Å². The lowest BCUT2D eigenvalue weighted by atomic mass is 9.75. The summed E-state index contributed by atoms with van der Waals surface area (Å²) >= 11 is 0. The first-order valence-electron chi connectivity index (χ1n) is 6.69. The van der Waals surface area contributed by atoms with Gasteiger partial charge in [-0.2, -0.15) is 0 Å². The minimum atomic E-state index is 0.348.